The molecule has 0 radical (unpaired) electrons. The third kappa shape index (κ3) is 16.2. The Bertz CT molecular complexity index is 2910. The second-order valence-electron chi connectivity index (χ2n) is 18.4. The van der Waals surface area contributed by atoms with Crippen LogP contribution >= 0.6 is 0 Å². The van der Waals surface area contributed by atoms with Crippen LogP contribution in [0.4, 0.5) is 0 Å². The summed E-state index contributed by atoms with van der Waals surface area (Å²) in [5.74, 6) is -4.31. The average Bonchev–Trinajstić information content (AvgIpc) is 3.63. The highest BCUT2D eigenvalue weighted by atomic mass is 16.8. The van der Waals surface area contributed by atoms with E-state index in [1.54, 1.807) is 133 Å². The lowest BCUT2D eigenvalue weighted by Gasteiger charge is -2.49. The van der Waals surface area contributed by atoms with Crippen molar-refractivity contribution in [1.82, 2.24) is 0 Å². The zero-order valence-electron chi connectivity index (χ0n) is 43.3. The minimum atomic E-state index is -1.74. The minimum absolute atomic E-state index is 0.0825. The molecule has 6 unspecified atom stereocenters. The van der Waals surface area contributed by atoms with Crippen LogP contribution in [0.15, 0.2) is 195 Å². The summed E-state index contributed by atoms with van der Waals surface area (Å²) in [6.07, 6.45) is -14.3. The molecule has 17 heteroatoms. The Labute approximate surface area is 457 Å². The van der Waals surface area contributed by atoms with Crippen molar-refractivity contribution in [3.05, 3.63) is 228 Å². The van der Waals surface area contributed by atoms with Crippen molar-refractivity contribution >= 4 is 35.6 Å². The number of carbonyl (C=O) groups excluding carboxylic acids is 6. The summed E-state index contributed by atoms with van der Waals surface area (Å²) in [7, 11) is 0. The smallest absolute Gasteiger partial charge is 0.338 e. The normalized spacial score (nSPS) is 22.5. The van der Waals surface area contributed by atoms with Crippen LogP contribution in [-0.4, -0.2) is 117 Å². The average molecular weight is 1080 g/mol. The van der Waals surface area contributed by atoms with Crippen molar-refractivity contribution in [3.8, 4) is 0 Å². The fourth-order valence-electron chi connectivity index (χ4n) is 8.71. The molecule has 0 saturated carbocycles. The molecule has 0 N–H and O–H groups in total. The number of ketones is 1. The molecule has 0 aromatic heterocycles. The van der Waals surface area contributed by atoms with Gasteiger partial charge in [-0.1, -0.05) is 140 Å². The van der Waals surface area contributed by atoms with Crippen molar-refractivity contribution in [1.29, 1.82) is 0 Å². The molecule has 6 aromatic carbocycles. The first-order chi connectivity index (χ1) is 38.5. The van der Waals surface area contributed by atoms with Crippen molar-refractivity contribution in [2.75, 3.05) is 19.8 Å². The molecule has 8 rings (SSSR count). The van der Waals surface area contributed by atoms with Crippen LogP contribution < -0.4 is 0 Å². The van der Waals surface area contributed by atoms with Gasteiger partial charge in [-0.25, -0.2) is 19.2 Å². The van der Waals surface area contributed by atoms with E-state index < -0.39 is 104 Å². The van der Waals surface area contributed by atoms with E-state index in [1.807, 2.05) is 36.4 Å². The van der Waals surface area contributed by atoms with Gasteiger partial charge >= 0.3 is 29.8 Å². The molecule has 2 aliphatic heterocycles. The molecular formula is C62H60O17. The number of ether oxygens (including phenoxy) is 11. The topological polar surface area (TPSA) is 204 Å². The quantitative estimate of drug-likeness (QED) is 0.0299. The van der Waals surface area contributed by atoms with Gasteiger partial charge in [0.25, 0.3) is 0 Å². The van der Waals surface area contributed by atoms with Gasteiger partial charge in [-0.05, 0) is 66.6 Å². The van der Waals surface area contributed by atoms with E-state index in [9.17, 15) is 28.8 Å². The van der Waals surface area contributed by atoms with Crippen LogP contribution in [0.2, 0.25) is 0 Å². The number of hydrogen-bond acceptors (Lipinski definition) is 17. The molecular weight excluding hydrogens is 1020 g/mol. The minimum Gasteiger partial charge on any atom is -0.459 e. The summed E-state index contributed by atoms with van der Waals surface area (Å²) in [5.41, 5.74) is 2.08. The third-order valence-corrected chi connectivity index (χ3v) is 12.7. The SMILES string of the molecule is C=CCO[C@@H]1OC(COC(=O)c2ccccc2)[C@H](OCc2ccccc2)C(O[C@H]2OC(COC(=O)c3ccccc3)[C@H](OC(=O)c3ccccc3)C(OC(=O)CCC(C)=O)C2OCc2ccccc2)C1OC(=O)c1ccccc1. The van der Waals surface area contributed by atoms with E-state index in [-0.39, 0.29) is 60.7 Å². The number of rotatable bonds is 25. The number of Topliss-reactive ketones (excluding diaryl/α,β-unsaturated/α-hetero) is 1. The van der Waals surface area contributed by atoms with Gasteiger partial charge in [0.1, 0.15) is 49.5 Å². The highest BCUT2D eigenvalue weighted by molar-refractivity contribution is 5.91. The highest BCUT2D eigenvalue weighted by Crippen LogP contribution is 2.37. The fraction of sp³-hybridized carbons (Fsp3) is 0.290. The Morgan fingerprint density at radius 1 is 0.430 bits per heavy atom. The summed E-state index contributed by atoms with van der Waals surface area (Å²) < 4.78 is 71.1. The van der Waals surface area contributed by atoms with Gasteiger partial charge < -0.3 is 56.9 Å². The summed E-state index contributed by atoms with van der Waals surface area (Å²) in [6.45, 7) is 3.69. The van der Waals surface area contributed by atoms with Crippen LogP contribution in [-0.2, 0) is 74.9 Å². The van der Waals surface area contributed by atoms with E-state index in [0.29, 0.717) is 11.1 Å². The summed E-state index contributed by atoms with van der Waals surface area (Å²) >= 11 is 0. The second-order valence-corrected chi connectivity index (χ2v) is 18.4. The van der Waals surface area contributed by atoms with Gasteiger partial charge in [0.05, 0.1) is 48.5 Å². The van der Waals surface area contributed by atoms with E-state index in [2.05, 4.69) is 6.58 Å². The maximum atomic E-state index is 14.3. The lowest BCUT2D eigenvalue weighted by atomic mass is 9.95. The van der Waals surface area contributed by atoms with Gasteiger partial charge in [0.15, 0.2) is 30.9 Å². The molecule has 0 spiro atoms. The van der Waals surface area contributed by atoms with Gasteiger partial charge in [-0.15, -0.1) is 6.58 Å². The largest absolute Gasteiger partial charge is 0.459 e. The van der Waals surface area contributed by atoms with Crippen LogP contribution in [0.3, 0.4) is 0 Å². The summed E-state index contributed by atoms with van der Waals surface area (Å²) in [5, 5.41) is 0. The fourth-order valence-corrected chi connectivity index (χ4v) is 8.71. The molecule has 2 saturated heterocycles. The first kappa shape index (κ1) is 57.0. The predicted molar refractivity (Wildman–Crippen MR) is 283 cm³/mol. The van der Waals surface area contributed by atoms with E-state index in [4.69, 9.17) is 52.1 Å². The molecule has 2 fully saturated rings. The van der Waals surface area contributed by atoms with E-state index >= 15 is 0 Å². The highest BCUT2D eigenvalue weighted by Gasteiger charge is 2.57. The van der Waals surface area contributed by atoms with Crippen molar-refractivity contribution in [2.24, 2.45) is 0 Å². The number of hydrogen-bond donors (Lipinski definition) is 0. The third-order valence-electron chi connectivity index (χ3n) is 12.7. The summed E-state index contributed by atoms with van der Waals surface area (Å²) in [4.78, 5) is 82.3. The Morgan fingerprint density at radius 3 is 1.29 bits per heavy atom. The first-order valence-corrected chi connectivity index (χ1v) is 25.7. The van der Waals surface area contributed by atoms with Gasteiger partial charge in [-0.3, -0.25) is 4.79 Å². The molecule has 79 heavy (non-hydrogen) atoms. The number of benzene rings is 6. The van der Waals surface area contributed by atoms with Gasteiger partial charge in [0.2, 0.25) is 0 Å². The van der Waals surface area contributed by atoms with Crippen molar-refractivity contribution in [3.63, 3.8) is 0 Å². The van der Waals surface area contributed by atoms with Crippen LogP contribution in [0.1, 0.15) is 72.3 Å². The lowest BCUT2D eigenvalue weighted by Crippen LogP contribution is -2.67. The van der Waals surface area contributed by atoms with Gasteiger partial charge in [0, 0.05) is 6.42 Å². The van der Waals surface area contributed by atoms with Crippen molar-refractivity contribution in [2.45, 2.75) is 94.4 Å². The van der Waals surface area contributed by atoms with Crippen LogP contribution in [0.25, 0.3) is 0 Å². The molecule has 410 valence electrons. The molecule has 0 bridgehead atoms. The van der Waals surface area contributed by atoms with Crippen LogP contribution in [0.5, 0.6) is 0 Å². The standard InChI is InChI=1S/C62H60O17/c1-3-36-69-61-56(78-60(68)47-32-20-9-21-33-47)53(51(70-37-42-22-10-4-11-23-42)48(74-61)39-72-57(65)44-26-14-6-15-27-44)79-62-55(71-38-43-24-12-5-13-25-43)54(76-50(64)35-34-41(2)63)52(77-59(67)46-30-18-8-19-31-46)49(75-62)40-73-58(66)45-28-16-7-17-29-45/h3-33,48-49,51-56,61-62H,1,34-40H2,2H3/t48?,49?,51-,52-,53?,54?,55?,56?,61+,62+/m0/s1. The van der Waals surface area contributed by atoms with E-state index in [0.717, 1.165) is 0 Å². The Kier molecular flexibility index (Phi) is 20.9. The lowest BCUT2D eigenvalue weighted by molar-refractivity contribution is -0.366. The molecule has 0 aliphatic carbocycles. The second kappa shape index (κ2) is 29.0. The first-order valence-electron chi connectivity index (χ1n) is 25.7. The maximum absolute atomic E-state index is 14.3. The van der Waals surface area contributed by atoms with Gasteiger partial charge in [-0.2, -0.15) is 0 Å². The van der Waals surface area contributed by atoms with Crippen LogP contribution in [0, 0.1) is 0 Å². The molecule has 2 aliphatic rings. The zero-order chi connectivity index (χ0) is 55.3. The molecule has 17 nitrogen and oxygen atoms in total. The molecule has 6 aromatic rings. The monoisotopic (exact) mass is 1080 g/mol. The number of carbonyl (C=O) groups is 6. The Morgan fingerprint density at radius 2 is 0.835 bits per heavy atom. The maximum Gasteiger partial charge on any atom is 0.338 e. The number of esters is 5. The zero-order valence-corrected chi connectivity index (χ0v) is 43.3. The molecule has 2 heterocycles. The Hall–Kier alpha value is -8.16. The Balaban J connectivity index is 1.27. The van der Waals surface area contributed by atoms with E-state index in [1.165, 1.54) is 25.1 Å². The predicted octanol–water partition coefficient (Wildman–Crippen LogP) is 8.64. The molecule has 10 atom stereocenters. The molecule has 0 amide bonds. The van der Waals surface area contributed by atoms with Crippen molar-refractivity contribution < 1.29 is 80.9 Å². The summed E-state index contributed by atoms with van der Waals surface area (Å²) in [6, 6.07) is 50.7.